The fourth-order valence-corrected chi connectivity index (χ4v) is 4.06. The summed E-state index contributed by atoms with van der Waals surface area (Å²) in [5, 5.41) is 29.4. The number of halogens is 2. The molecule has 39 heavy (non-hydrogen) atoms. The molecule has 200 valence electrons. The number of rotatable bonds is 9. The lowest BCUT2D eigenvalue weighted by atomic mass is 10.0. The average Bonchev–Trinajstić information content (AvgIpc) is 3.57. The van der Waals surface area contributed by atoms with Crippen molar-refractivity contribution in [3.05, 3.63) is 76.0 Å². The summed E-state index contributed by atoms with van der Waals surface area (Å²) in [6, 6.07) is 9.98. The number of aromatic nitrogens is 7. The summed E-state index contributed by atoms with van der Waals surface area (Å²) in [6.07, 6.45) is 0.107. The summed E-state index contributed by atoms with van der Waals surface area (Å²) in [5.74, 6) is -1.37. The Bertz CT molecular complexity index is 1570. The van der Waals surface area contributed by atoms with Crippen LogP contribution in [0.4, 0.5) is 14.5 Å². The maximum Gasteiger partial charge on any atom is 0.298 e. The highest BCUT2D eigenvalue weighted by molar-refractivity contribution is 6.09. The number of nitrogens with zero attached hydrogens (tertiary/aromatic N) is 8. The number of hydrogen-bond acceptors (Lipinski definition) is 8. The molecule has 12 nitrogen and oxygen atoms in total. The van der Waals surface area contributed by atoms with E-state index < -0.39 is 24.1 Å². The van der Waals surface area contributed by atoms with Crippen molar-refractivity contribution in [2.24, 2.45) is 0 Å². The molecule has 0 bridgehead atoms. The van der Waals surface area contributed by atoms with Crippen molar-refractivity contribution in [1.82, 2.24) is 40.3 Å². The van der Waals surface area contributed by atoms with Crippen LogP contribution in [-0.2, 0) is 13.0 Å². The Morgan fingerprint density at radius 3 is 2.69 bits per heavy atom. The minimum atomic E-state index is -2.90. The zero-order valence-corrected chi connectivity index (χ0v) is 21.3. The molecule has 14 heteroatoms. The number of pyridine rings is 1. The van der Waals surface area contributed by atoms with Crippen LogP contribution in [0.1, 0.15) is 68.8 Å². The van der Waals surface area contributed by atoms with Crippen molar-refractivity contribution >= 4 is 17.5 Å². The van der Waals surface area contributed by atoms with E-state index in [0.717, 1.165) is 16.7 Å². The van der Waals surface area contributed by atoms with Gasteiger partial charge in [0.05, 0.1) is 35.1 Å². The predicted octanol–water partition coefficient (Wildman–Crippen LogP) is 2.98. The number of carbonyl (C=O) groups excluding carboxylic acids is 2. The number of nitrogens with one attached hydrogen (secondary N) is 2. The first-order chi connectivity index (χ1) is 18.8. The molecule has 4 rings (SSSR count). The first-order valence-electron chi connectivity index (χ1n) is 11.9. The van der Waals surface area contributed by atoms with Gasteiger partial charge in [0.15, 0.2) is 5.82 Å². The van der Waals surface area contributed by atoms with Gasteiger partial charge < -0.3 is 10.6 Å². The Balaban J connectivity index is 1.81. The van der Waals surface area contributed by atoms with Crippen LogP contribution in [0, 0.1) is 18.3 Å². The standard InChI is InChI=1S/C25H24F2N10O2/c1-4-6-16-7-5-8-30-22(16)37-19(11-17(33-37)13-36-23(21(26)27)32-34-35-36)25(39)31-20-14(2)9-15(12-28)10-18(20)24(38)29-3/h5,7-11,21H,4,6,13H2,1-3H3,(H,29,38)(H,31,39). The second kappa shape index (κ2) is 11.5. The van der Waals surface area contributed by atoms with Crippen molar-refractivity contribution in [2.45, 2.75) is 39.7 Å². The smallest absolute Gasteiger partial charge is 0.298 e. The van der Waals surface area contributed by atoms with Crippen molar-refractivity contribution in [1.29, 1.82) is 5.26 Å². The van der Waals surface area contributed by atoms with E-state index in [1.165, 1.54) is 23.9 Å². The number of amides is 2. The lowest BCUT2D eigenvalue weighted by molar-refractivity contribution is 0.0963. The SMILES string of the molecule is CCCc1cccnc1-n1nc(Cn2nnnc2C(F)F)cc1C(=O)Nc1c(C)cc(C#N)cc1C(=O)NC. The van der Waals surface area contributed by atoms with Gasteiger partial charge in [-0.15, -0.1) is 5.10 Å². The molecule has 0 aliphatic rings. The number of hydrogen-bond donors (Lipinski definition) is 2. The van der Waals surface area contributed by atoms with Gasteiger partial charge in [0, 0.05) is 13.2 Å². The van der Waals surface area contributed by atoms with Crippen LogP contribution in [0.25, 0.3) is 5.82 Å². The molecule has 0 fully saturated rings. The largest absolute Gasteiger partial charge is 0.355 e. The molecule has 0 atom stereocenters. The van der Waals surface area contributed by atoms with Gasteiger partial charge in [0.2, 0.25) is 5.82 Å². The first kappa shape index (κ1) is 27.0. The number of carbonyl (C=O) groups is 2. The van der Waals surface area contributed by atoms with E-state index in [1.54, 1.807) is 25.3 Å². The van der Waals surface area contributed by atoms with E-state index in [-0.39, 0.29) is 34.7 Å². The zero-order chi connectivity index (χ0) is 28.1. The summed E-state index contributed by atoms with van der Waals surface area (Å²) in [6.45, 7) is 3.43. The van der Waals surface area contributed by atoms with Crippen LogP contribution in [0.15, 0.2) is 36.5 Å². The summed E-state index contributed by atoms with van der Waals surface area (Å²) < 4.78 is 28.9. The second-order valence-electron chi connectivity index (χ2n) is 8.53. The highest BCUT2D eigenvalue weighted by atomic mass is 19.3. The molecule has 0 radical (unpaired) electrons. The Labute approximate surface area is 221 Å². The van der Waals surface area contributed by atoms with Gasteiger partial charge in [0.1, 0.15) is 5.69 Å². The highest BCUT2D eigenvalue weighted by Gasteiger charge is 2.24. The van der Waals surface area contributed by atoms with Crippen molar-refractivity contribution in [2.75, 3.05) is 12.4 Å². The zero-order valence-electron chi connectivity index (χ0n) is 21.3. The maximum atomic E-state index is 13.7. The van der Waals surface area contributed by atoms with Crippen molar-refractivity contribution < 1.29 is 18.4 Å². The molecule has 0 unspecified atom stereocenters. The molecule has 1 aromatic carbocycles. The lowest BCUT2D eigenvalue weighted by Crippen LogP contribution is -2.24. The average molecular weight is 535 g/mol. The van der Waals surface area contributed by atoms with Crippen LogP contribution < -0.4 is 10.6 Å². The molecule has 0 aliphatic heterocycles. The Hall–Kier alpha value is -5.06. The molecule has 4 aromatic rings. The third-order valence-corrected chi connectivity index (χ3v) is 5.82. The molecule has 0 spiro atoms. The number of benzene rings is 1. The summed E-state index contributed by atoms with van der Waals surface area (Å²) >= 11 is 0. The topological polar surface area (TPSA) is 156 Å². The molecule has 0 aliphatic carbocycles. The van der Waals surface area contributed by atoms with Gasteiger partial charge in [-0.1, -0.05) is 19.4 Å². The molecular weight excluding hydrogens is 510 g/mol. The molecule has 0 saturated heterocycles. The van der Waals surface area contributed by atoms with Gasteiger partial charge >= 0.3 is 0 Å². The van der Waals surface area contributed by atoms with E-state index in [9.17, 15) is 23.6 Å². The Morgan fingerprint density at radius 1 is 1.21 bits per heavy atom. The van der Waals surface area contributed by atoms with E-state index >= 15 is 0 Å². The fraction of sp³-hybridized carbons (Fsp3) is 0.280. The minimum Gasteiger partial charge on any atom is -0.355 e. The molecule has 2 N–H and O–H groups in total. The Kier molecular flexibility index (Phi) is 7.99. The number of aryl methyl sites for hydroxylation is 2. The molecule has 0 saturated carbocycles. The first-order valence-corrected chi connectivity index (χ1v) is 11.9. The maximum absolute atomic E-state index is 13.7. The summed E-state index contributed by atoms with van der Waals surface area (Å²) in [4.78, 5) is 30.7. The van der Waals surface area contributed by atoms with Gasteiger partial charge in [-0.25, -0.2) is 23.1 Å². The van der Waals surface area contributed by atoms with E-state index in [2.05, 4.69) is 36.2 Å². The molecule has 2 amide bonds. The van der Waals surface area contributed by atoms with E-state index in [4.69, 9.17) is 0 Å². The number of nitriles is 1. The van der Waals surface area contributed by atoms with Gasteiger partial charge in [0.25, 0.3) is 18.2 Å². The quantitative estimate of drug-likeness (QED) is 0.332. The monoisotopic (exact) mass is 534 g/mol. The van der Waals surface area contributed by atoms with E-state index in [0.29, 0.717) is 17.8 Å². The third-order valence-electron chi connectivity index (χ3n) is 5.82. The molecule has 3 aromatic heterocycles. The summed E-state index contributed by atoms with van der Waals surface area (Å²) in [5.41, 5.74) is 2.15. The van der Waals surface area contributed by atoms with Gasteiger partial charge in [-0.05, 0) is 59.2 Å². The summed E-state index contributed by atoms with van der Waals surface area (Å²) in [7, 11) is 1.44. The molecule has 3 heterocycles. The van der Waals surface area contributed by atoms with Crippen molar-refractivity contribution in [3.8, 4) is 11.9 Å². The number of anilines is 1. The van der Waals surface area contributed by atoms with Crippen LogP contribution in [0.3, 0.4) is 0 Å². The molecular formula is C25H24F2N10O2. The van der Waals surface area contributed by atoms with Crippen LogP contribution >= 0.6 is 0 Å². The number of alkyl halides is 2. The Morgan fingerprint density at radius 2 is 2.00 bits per heavy atom. The van der Waals surface area contributed by atoms with Crippen LogP contribution in [0.2, 0.25) is 0 Å². The normalized spacial score (nSPS) is 10.9. The van der Waals surface area contributed by atoms with Gasteiger partial charge in [-0.3, -0.25) is 9.59 Å². The highest BCUT2D eigenvalue weighted by Crippen LogP contribution is 2.25. The number of tetrazole rings is 1. The second-order valence-corrected chi connectivity index (χ2v) is 8.53. The van der Waals surface area contributed by atoms with Gasteiger partial charge in [-0.2, -0.15) is 10.4 Å². The minimum absolute atomic E-state index is 0.0411. The third kappa shape index (κ3) is 5.61. The fourth-order valence-electron chi connectivity index (χ4n) is 4.06. The van der Waals surface area contributed by atoms with Crippen molar-refractivity contribution in [3.63, 3.8) is 0 Å². The van der Waals surface area contributed by atoms with Crippen LogP contribution in [-0.4, -0.2) is 53.8 Å². The lowest BCUT2D eigenvalue weighted by Gasteiger charge is -2.15. The predicted molar refractivity (Wildman–Crippen MR) is 134 cm³/mol. The van der Waals surface area contributed by atoms with Crippen LogP contribution in [0.5, 0.6) is 0 Å². The van der Waals surface area contributed by atoms with E-state index in [1.807, 2.05) is 19.1 Å².